The minimum Gasteiger partial charge on any atom is -0.399 e. The Morgan fingerprint density at radius 1 is 1.45 bits per heavy atom. The normalized spacial score (nSPS) is 16.2. The lowest BCUT2D eigenvalue weighted by Gasteiger charge is -2.14. The average Bonchev–Trinajstić information content (AvgIpc) is 3.07. The summed E-state index contributed by atoms with van der Waals surface area (Å²) in [5.74, 6) is -0.0916. The average molecular weight is 273 g/mol. The Bertz CT molecular complexity index is 644. The summed E-state index contributed by atoms with van der Waals surface area (Å²) in [7, 11) is 0. The molecule has 1 aromatic carbocycles. The van der Waals surface area contributed by atoms with Gasteiger partial charge in [0.1, 0.15) is 0 Å². The summed E-state index contributed by atoms with van der Waals surface area (Å²) >= 11 is 0. The Hall–Kier alpha value is -2.01. The number of nitrogens with one attached hydrogen (secondary N) is 2. The van der Waals surface area contributed by atoms with E-state index in [9.17, 15) is 4.79 Å². The molecule has 1 aromatic heterocycles. The lowest BCUT2D eigenvalue weighted by atomic mass is 10.0. The van der Waals surface area contributed by atoms with E-state index in [0.717, 1.165) is 30.2 Å². The van der Waals surface area contributed by atoms with Crippen LogP contribution in [-0.4, -0.2) is 29.1 Å². The number of carbonyl (C=O) groups excluding carboxylic acids is 1. The number of nitrogens with two attached hydrogens (primary N) is 1. The third kappa shape index (κ3) is 2.36. The number of aliphatic hydroxyl groups excluding tert-OH is 1. The van der Waals surface area contributed by atoms with E-state index in [2.05, 4.69) is 10.3 Å². The molecule has 0 radical (unpaired) electrons. The molecule has 5 nitrogen and oxygen atoms in total. The molecule has 1 aliphatic carbocycles. The monoisotopic (exact) mass is 273 g/mol. The molecule has 1 aliphatic rings. The largest absolute Gasteiger partial charge is 0.399 e. The first-order valence-corrected chi connectivity index (χ1v) is 6.89. The number of amides is 1. The Balaban J connectivity index is 1.74. The van der Waals surface area contributed by atoms with Crippen LogP contribution in [0.5, 0.6) is 0 Å². The number of fused-ring (bicyclic) bond motifs is 1. The van der Waals surface area contributed by atoms with E-state index in [1.165, 1.54) is 0 Å². The van der Waals surface area contributed by atoms with Crippen molar-refractivity contribution in [3.63, 3.8) is 0 Å². The summed E-state index contributed by atoms with van der Waals surface area (Å²) in [6, 6.07) is 5.48. The number of anilines is 1. The molecule has 3 rings (SSSR count). The van der Waals surface area contributed by atoms with Gasteiger partial charge in [-0.15, -0.1) is 0 Å². The number of aromatic nitrogens is 1. The molecule has 106 valence electrons. The van der Waals surface area contributed by atoms with E-state index in [1.54, 1.807) is 18.3 Å². The summed E-state index contributed by atoms with van der Waals surface area (Å²) in [4.78, 5) is 15.4. The third-order valence-corrected chi connectivity index (χ3v) is 4.17. The second-order valence-electron chi connectivity index (χ2n) is 5.66. The maximum atomic E-state index is 12.3. The van der Waals surface area contributed by atoms with Crippen molar-refractivity contribution >= 4 is 22.5 Å². The van der Waals surface area contributed by atoms with Gasteiger partial charge in [0.05, 0.1) is 5.56 Å². The third-order valence-electron chi connectivity index (χ3n) is 4.17. The number of carbonyl (C=O) groups is 1. The Labute approximate surface area is 117 Å². The van der Waals surface area contributed by atoms with E-state index in [-0.39, 0.29) is 17.9 Å². The molecule has 1 heterocycles. The summed E-state index contributed by atoms with van der Waals surface area (Å²) in [6.45, 7) is 0.806. The zero-order valence-electron chi connectivity index (χ0n) is 11.3. The second kappa shape index (κ2) is 4.83. The van der Waals surface area contributed by atoms with Crippen LogP contribution in [0.15, 0.2) is 24.4 Å². The number of rotatable bonds is 5. The first kappa shape index (κ1) is 13.0. The topological polar surface area (TPSA) is 91.1 Å². The van der Waals surface area contributed by atoms with Crippen LogP contribution >= 0.6 is 0 Å². The van der Waals surface area contributed by atoms with Crippen molar-refractivity contribution in [1.29, 1.82) is 0 Å². The van der Waals surface area contributed by atoms with Gasteiger partial charge in [0, 0.05) is 35.9 Å². The quantitative estimate of drug-likeness (QED) is 0.624. The molecule has 0 saturated heterocycles. The van der Waals surface area contributed by atoms with Crippen LogP contribution in [0.25, 0.3) is 10.9 Å². The smallest absolute Gasteiger partial charge is 0.253 e. The number of nitrogen functional groups attached to an aromatic ring is 1. The highest BCUT2D eigenvalue weighted by Gasteiger charge is 2.41. The van der Waals surface area contributed by atoms with E-state index in [4.69, 9.17) is 10.8 Å². The molecule has 0 spiro atoms. The van der Waals surface area contributed by atoms with Gasteiger partial charge in [-0.25, -0.2) is 0 Å². The lowest BCUT2D eigenvalue weighted by Crippen LogP contribution is -2.30. The van der Waals surface area contributed by atoms with E-state index in [1.807, 2.05) is 6.07 Å². The molecular weight excluding hydrogens is 254 g/mol. The maximum absolute atomic E-state index is 12.3. The number of aliphatic hydroxyl groups is 1. The van der Waals surface area contributed by atoms with Gasteiger partial charge >= 0.3 is 0 Å². The van der Waals surface area contributed by atoms with E-state index < -0.39 is 0 Å². The zero-order valence-corrected chi connectivity index (χ0v) is 11.3. The molecule has 0 unspecified atom stereocenters. The van der Waals surface area contributed by atoms with Crippen LogP contribution in [0.3, 0.4) is 0 Å². The van der Waals surface area contributed by atoms with Gasteiger partial charge < -0.3 is 21.1 Å². The highest BCUT2D eigenvalue weighted by Crippen LogP contribution is 2.47. The van der Waals surface area contributed by atoms with Crippen molar-refractivity contribution in [2.75, 3.05) is 18.9 Å². The van der Waals surface area contributed by atoms with Crippen molar-refractivity contribution in [2.24, 2.45) is 5.41 Å². The maximum Gasteiger partial charge on any atom is 0.253 e. The predicted octanol–water partition coefficient (Wildman–Crippen LogP) is 1.64. The van der Waals surface area contributed by atoms with E-state index in [0.29, 0.717) is 17.8 Å². The minimum atomic E-state index is -0.0916. The van der Waals surface area contributed by atoms with Crippen LogP contribution < -0.4 is 11.1 Å². The molecule has 20 heavy (non-hydrogen) atoms. The fourth-order valence-electron chi connectivity index (χ4n) is 2.62. The number of hydrogen-bond acceptors (Lipinski definition) is 3. The van der Waals surface area contributed by atoms with Gasteiger partial charge in [0.2, 0.25) is 0 Å². The van der Waals surface area contributed by atoms with Crippen molar-refractivity contribution in [1.82, 2.24) is 10.3 Å². The predicted molar refractivity (Wildman–Crippen MR) is 78.4 cm³/mol. The van der Waals surface area contributed by atoms with Gasteiger partial charge in [-0.2, -0.15) is 0 Å². The molecule has 1 fully saturated rings. The molecule has 1 saturated carbocycles. The summed E-state index contributed by atoms with van der Waals surface area (Å²) in [5, 5.41) is 12.8. The van der Waals surface area contributed by atoms with Crippen LogP contribution in [-0.2, 0) is 0 Å². The summed E-state index contributed by atoms with van der Waals surface area (Å²) in [5.41, 5.74) is 8.06. The fourth-order valence-corrected chi connectivity index (χ4v) is 2.62. The number of aromatic amines is 1. The summed E-state index contributed by atoms with van der Waals surface area (Å²) < 4.78 is 0. The molecule has 1 amide bonds. The standard InChI is InChI=1S/C15H19N3O2/c16-10-1-2-13-11(7-10)12(8-17-13)14(20)18-9-15(3-4-15)5-6-19/h1-2,7-8,17,19H,3-6,9,16H2,(H,18,20). The van der Waals surface area contributed by atoms with Gasteiger partial charge in [-0.1, -0.05) is 0 Å². The van der Waals surface area contributed by atoms with Gasteiger partial charge in [-0.3, -0.25) is 4.79 Å². The van der Waals surface area contributed by atoms with Gasteiger partial charge in [0.15, 0.2) is 0 Å². The summed E-state index contributed by atoms with van der Waals surface area (Å²) in [6.07, 6.45) is 4.63. The molecule has 5 heteroatoms. The fraction of sp³-hybridized carbons (Fsp3) is 0.400. The minimum absolute atomic E-state index is 0.0916. The van der Waals surface area contributed by atoms with Gasteiger partial charge in [-0.05, 0) is 42.9 Å². The van der Waals surface area contributed by atoms with Crippen LogP contribution in [0.1, 0.15) is 29.6 Å². The highest BCUT2D eigenvalue weighted by molar-refractivity contribution is 6.07. The van der Waals surface area contributed by atoms with Crippen LogP contribution in [0, 0.1) is 5.41 Å². The van der Waals surface area contributed by atoms with Crippen molar-refractivity contribution in [3.8, 4) is 0 Å². The molecule has 5 N–H and O–H groups in total. The first-order chi connectivity index (χ1) is 9.63. The van der Waals surface area contributed by atoms with Crippen LogP contribution in [0.2, 0.25) is 0 Å². The second-order valence-corrected chi connectivity index (χ2v) is 5.66. The highest BCUT2D eigenvalue weighted by atomic mass is 16.3. The number of benzene rings is 1. The van der Waals surface area contributed by atoms with Crippen molar-refractivity contribution in [2.45, 2.75) is 19.3 Å². The molecule has 0 aliphatic heterocycles. The van der Waals surface area contributed by atoms with E-state index >= 15 is 0 Å². The number of hydrogen-bond donors (Lipinski definition) is 4. The van der Waals surface area contributed by atoms with Crippen molar-refractivity contribution < 1.29 is 9.90 Å². The molecular formula is C15H19N3O2. The van der Waals surface area contributed by atoms with Gasteiger partial charge in [0.25, 0.3) is 5.91 Å². The first-order valence-electron chi connectivity index (χ1n) is 6.89. The molecule has 2 aromatic rings. The number of H-pyrrole nitrogens is 1. The van der Waals surface area contributed by atoms with Crippen molar-refractivity contribution in [3.05, 3.63) is 30.0 Å². The zero-order chi connectivity index (χ0) is 14.2. The Kier molecular flexibility index (Phi) is 3.14. The molecule has 0 atom stereocenters. The Morgan fingerprint density at radius 2 is 2.25 bits per heavy atom. The molecule has 0 bridgehead atoms. The Morgan fingerprint density at radius 3 is 2.95 bits per heavy atom. The SMILES string of the molecule is Nc1ccc2[nH]cc(C(=O)NCC3(CCO)CC3)c2c1. The van der Waals surface area contributed by atoms with Crippen LogP contribution in [0.4, 0.5) is 5.69 Å². The lowest BCUT2D eigenvalue weighted by molar-refractivity contribution is 0.0942.